The number of aryl methyl sites for hydroxylation is 1. The van der Waals surface area contributed by atoms with Crippen molar-refractivity contribution >= 4 is 33.2 Å². The van der Waals surface area contributed by atoms with Gasteiger partial charge in [0, 0.05) is 15.1 Å². The minimum Gasteiger partial charge on any atom is -0.496 e. The zero-order valence-electron chi connectivity index (χ0n) is 11.7. The first kappa shape index (κ1) is 15.2. The second-order valence-corrected chi connectivity index (χ2v) is 6.03. The number of benzene rings is 2. The van der Waals surface area contributed by atoms with Gasteiger partial charge < -0.3 is 10.1 Å². The van der Waals surface area contributed by atoms with Crippen molar-refractivity contribution in [3.8, 4) is 5.75 Å². The number of hydrogen-bond acceptors (Lipinski definition) is 2. The zero-order chi connectivity index (χ0) is 14.7. The normalized spacial score (nSPS) is 12.1. The molecular formula is C16H17BrClNO. The van der Waals surface area contributed by atoms with Crippen molar-refractivity contribution in [2.75, 3.05) is 12.4 Å². The van der Waals surface area contributed by atoms with Crippen molar-refractivity contribution in [3.63, 3.8) is 0 Å². The minimum absolute atomic E-state index is 0.111. The Morgan fingerprint density at radius 2 is 1.95 bits per heavy atom. The van der Waals surface area contributed by atoms with E-state index in [1.165, 1.54) is 5.56 Å². The molecule has 0 saturated heterocycles. The molecule has 1 unspecified atom stereocenters. The molecule has 0 bridgehead atoms. The average Bonchev–Trinajstić information content (AvgIpc) is 2.42. The first-order valence-electron chi connectivity index (χ1n) is 6.37. The summed E-state index contributed by atoms with van der Waals surface area (Å²) in [5, 5.41) is 4.16. The maximum absolute atomic E-state index is 6.04. The SMILES string of the molecule is COc1cc(C)ccc1C(C)Nc1cc(Cl)ccc1Br. The number of rotatable bonds is 4. The molecule has 106 valence electrons. The van der Waals surface area contributed by atoms with Gasteiger partial charge in [0.1, 0.15) is 5.75 Å². The van der Waals surface area contributed by atoms with Gasteiger partial charge in [0.15, 0.2) is 0 Å². The third-order valence-corrected chi connectivity index (χ3v) is 4.08. The maximum Gasteiger partial charge on any atom is 0.124 e. The van der Waals surface area contributed by atoms with Gasteiger partial charge in [-0.15, -0.1) is 0 Å². The molecule has 1 N–H and O–H groups in total. The van der Waals surface area contributed by atoms with Crippen LogP contribution in [0.25, 0.3) is 0 Å². The smallest absolute Gasteiger partial charge is 0.124 e. The molecule has 1 atom stereocenters. The van der Waals surface area contributed by atoms with Gasteiger partial charge in [-0.3, -0.25) is 0 Å². The summed E-state index contributed by atoms with van der Waals surface area (Å²) in [6, 6.07) is 12.0. The maximum atomic E-state index is 6.04. The van der Waals surface area contributed by atoms with Crippen molar-refractivity contribution in [2.45, 2.75) is 19.9 Å². The van der Waals surface area contributed by atoms with Gasteiger partial charge in [-0.2, -0.15) is 0 Å². The van der Waals surface area contributed by atoms with Gasteiger partial charge >= 0.3 is 0 Å². The van der Waals surface area contributed by atoms with Gasteiger partial charge in [0.05, 0.1) is 18.8 Å². The fourth-order valence-electron chi connectivity index (χ4n) is 2.10. The number of anilines is 1. The van der Waals surface area contributed by atoms with Gasteiger partial charge in [0.25, 0.3) is 0 Å². The highest BCUT2D eigenvalue weighted by atomic mass is 79.9. The fourth-order valence-corrected chi connectivity index (χ4v) is 2.63. The summed E-state index contributed by atoms with van der Waals surface area (Å²) < 4.78 is 6.45. The van der Waals surface area contributed by atoms with E-state index in [2.05, 4.69) is 47.2 Å². The third-order valence-electron chi connectivity index (χ3n) is 3.16. The molecule has 2 rings (SSSR count). The van der Waals surface area contributed by atoms with Crippen LogP contribution in [0.1, 0.15) is 24.1 Å². The second kappa shape index (κ2) is 6.51. The van der Waals surface area contributed by atoms with Crippen LogP contribution in [0.2, 0.25) is 5.02 Å². The number of ether oxygens (including phenoxy) is 1. The summed E-state index contributed by atoms with van der Waals surface area (Å²) >= 11 is 9.57. The van der Waals surface area contributed by atoms with Crippen LogP contribution in [0.15, 0.2) is 40.9 Å². The van der Waals surface area contributed by atoms with E-state index in [9.17, 15) is 0 Å². The topological polar surface area (TPSA) is 21.3 Å². The van der Waals surface area contributed by atoms with E-state index in [1.54, 1.807) is 7.11 Å². The molecule has 2 aromatic rings. The van der Waals surface area contributed by atoms with E-state index in [1.807, 2.05) is 24.3 Å². The van der Waals surface area contributed by atoms with E-state index >= 15 is 0 Å². The lowest BCUT2D eigenvalue weighted by molar-refractivity contribution is 0.407. The van der Waals surface area contributed by atoms with Crippen molar-refractivity contribution in [1.82, 2.24) is 0 Å². The highest BCUT2D eigenvalue weighted by molar-refractivity contribution is 9.10. The molecule has 0 aliphatic heterocycles. The molecule has 0 fully saturated rings. The highest BCUT2D eigenvalue weighted by Gasteiger charge is 2.13. The van der Waals surface area contributed by atoms with Crippen LogP contribution < -0.4 is 10.1 Å². The third kappa shape index (κ3) is 3.47. The molecule has 0 spiro atoms. The van der Waals surface area contributed by atoms with Crippen LogP contribution in [-0.2, 0) is 0 Å². The van der Waals surface area contributed by atoms with E-state index < -0.39 is 0 Å². The Bertz CT molecular complexity index is 615. The molecule has 0 amide bonds. The van der Waals surface area contributed by atoms with Gasteiger partial charge in [-0.25, -0.2) is 0 Å². The second-order valence-electron chi connectivity index (χ2n) is 4.74. The quantitative estimate of drug-likeness (QED) is 0.772. The number of nitrogens with one attached hydrogen (secondary N) is 1. The van der Waals surface area contributed by atoms with Crippen molar-refractivity contribution in [2.24, 2.45) is 0 Å². The van der Waals surface area contributed by atoms with E-state index in [0.717, 1.165) is 21.5 Å². The first-order chi connectivity index (χ1) is 9.51. The Morgan fingerprint density at radius 1 is 1.20 bits per heavy atom. The van der Waals surface area contributed by atoms with Crippen molar-refractivity contribution in [3.05, 3.63) is 57.0 Å². The predicted octanol–water partition coefficient (Wildman–Crippen LogP) is 5.59. The monoisotopic (exact) mass is 353 g/mol. The summed E-state index contributed by atoms with van der Waals surface area (Å²) in [4.78, 5) is 0. The van der Waals surface area contributed by atoms with Gasteiger partial charge in [-0.1, -0.05) is 23.7 Å². The van der Waals surface area contributed by atoms with E-state index in [0.29, 0.717) is 5.02 Å². The minimum atomic E-state index is 0.111. The van der Waals surface area contributed by atoms with Crippen LogP contribution in [0.3, 0.4) is 0 Å². The zero-order valence-corrected chi connectivity index (χ0v) is 14.0. The van der Waals surface area contributed by atoms with Crippen LogP contribution in [-0.4, -0.2) is 7.11 Å². The van der Waals surface area contributed by atoms with Crippen LogP contribution >= 0.6 is 27.5 Å². The highest BCUT2D eigenvalue weighted by Crippen LogP contribution is 2.32. The molecule has 0 aromatic heterocycles. The Morgan fingerprint density at radius 3 is 2.65 bits per heavy atom. The fraction of sp³-hybridized carbons (Fsp3) is 0.250. The molecule has 20 heavy (non-hydrogen) atoms. The molecule has 0 aliphatic carbocycles. The predicted molar refractivity (Wildman–Crippen MR) is 88.9 cm³/mol. The number of methoxy groups -OCH3 is 1. The number of halogens is 2. The Hall–Kier alpha value is -1.19. The molecule has 4 heteroatoms. The first-order valence-corrected chi connectivity index (χ1v) is 7.54. The van der Waals surface area contributed by atoms with Gasteiger partial charge in [-0.05, 0) is 59.6 Å². The van der Waals surface area contributed by atoms with Crippen LogP contribution in [0.5, 0.6) is 5.75 Å². The van der Waals surface area contributed by atoms with Crippen molar-refractivity contribution < 1.29 is 4.74 Å². The molecule has 0 aliphatic rings. The van der Waals surface area contributed by atoms with Crippen LogP contribution in [0.4, 0.5) is 5.69 Å². The summed E-state index contributed by atoms with van der Waals surface area (Å²) in [6.07, 6.45) is 0. The summed E-state index contributed by atoms with van der Waals surface area (Å²) in [5.41, 5.74) is 3.26. The Kier molecular flexibility index (Phi) is 4.95. The Balaban J connectivity index is 2.28. The molecule has 0 heterocycles. The lowest BCUT2D eigenvalue weighted by Gasteiger charge is -2.20. The number of hydrogen-bond donors (Lipinski definition) is 1. The van der Waals surface area contributed by atoms with E-state index in [4.69, 9.17) is 16.3 Å². The molecule has 0 radical (unpaired) electrons. The largest absolute Gasteiger partial charge is 0.496 e. The van der Waals surface area contributed by atoms with E-state index in [-0.39, 0.29) is 6.04 Å². The summed E-state index contributed by atoms with van der Waals surface area (Å²) in [5.74, 6) is 0.892. The van der Waals surface area contributed by atoms with Crippen molar-refractivity contribution in [1.29, 1.82) is 0 Å². The summed E-state index contributed by atoms with van der Waals surface area (Å²) in [6.45, 7) is 4.15. The van der Waals surface area contributed by atoms with Gasteiger partial charge in [0.2, 0.25) is 0 Å². The molecule has 0 saturated carbocycles. The standard InChI is InChI=1S/C16H17BrClNO/c1-10-4-6-13(16(8-10)20-3)11(2)19-15-9-12(18)5-7-14(15)17/h4-9,11,19H,1-3H3. The Labute approximate surface area is 133 Å². The lowest BCUT2D eigenvalue weighted by atomic mass is 10.0. The molecule has 2 nitrogen and oxygen atoms in total. The molecular weight excluding hydrogens is 338 g/mol. The molecule has 2 aromatic carbocycles. The van der Waals surface area contributed by atoms with Crippen LogP contribution in [0, 0.1) is 6.92 Å². The summed E-state index contributed by atoms with van der Waals surface area (Å²) in [7, 11) is 1.69. The average molecular weight is 355 g/mol. The lowest BCUT2D eigenvalue weighted by Crippen LogP contribution is -2.08.